The van der Waals surface area contributed by atoms with Gasteiger partial charge in [0.15, 0.2) is 0 Å². The molecule has 1 aliphatic rings. The highest BCUT2D eigenvalue weighted by Crippen LogP contribution is 2.24. The Morgan fingerprint density at radius 2 is 2.32 bits per heavy atom. The lowest BCUT2D eigenvalue weighted by atomic mass is 10.1. The van der Waals surface area contributed by atoms with E-state index in [0.717, 1.165) is 28.4 Å². The van der Waals surface area contributed by atoms with Gasteiger partial charge in [-0.05, 0) is 36.3 Å². The molecule has 1 aromatic carbocycles. The summed E-state index contributed by atoms with van der Waals surface area (Å²) in [6.07, 6.45) is 4.00. The maximum absolute atomic E-state index is 10.8. The smallest absolute Gasteiger partial charge is 0.335 e. The minimum Gasteiger partial charge on any atom is -0.478 e. The van der Waals surface area contributed by atoms with Crippen LogP contribution in [0.15, 0.2) is 22.7 Å². The van der Waals surface area contributed by atoms with E-state index in [2.05, 4.69) is 33.0 Å². The summed E-state index contributed by atoms with van der Waals surface area (Å²) in [5, 5.41) is 13.1. The van der Waals surface area contributed by atoms with Gasteiger partial charge in [0.2, 0.25) is 0 Å². The Kier molecular flexibility index (Phi) is 5.73. The van der Waals surface area contributed by atoms with E-state index in [0.29, 0.717) is 5.56 Å². The van der Waals surface area contributed by atoms with Crippen molar-refractivity contribution in [3.8, 4) is 0 Å². The topological polar surface area (TPSA) is 49.3 Å². The van der Waals surface area contributed by atoms with Crippen LogP contribution in [-0.4, -0.2) is 28.6 Å². The summed E-state index contributed by atoms with van der Waals surface area (Å²) < 4.78 is 0.858. The lowest BCUT2D eigenvalue weighted by Crippen LogP contribution is -2.26. The van der Waals surface area contributed by atoms with E-state index in [4.69, 9.17) is 5.11 Å². The van der Waals surface area contributed by atoms with Crippen LogP contribution < -0.4 is 5.32 Å². The van der Waals surface area contributed by atoms with Gasteiger partial charge in [0.1, 0.15) is 0 Å². The van der Waals surface area contributed by atoms with E-state index in [1.54, 1.807) is 12.1 Å². The largest absolute Gasteiger partial charge is 0.478 e. The molecule has 2 rings (SSSR count). The standard InChI is InChI=1S/C14H18BrNO2S/c15-13-7-10(14(17)18)4-5-11(13)8-16-9-12-3-1-2-6-19-12/h4-5,7,12,16H,1-3,6,8-9H2,(H,17,18). The van der Waals surface area contributed by atoms with Gasteiger partial charge in [-0.3, -0.25) is 0 Å². The van der Waals surface area contributed by atoms with Crippen LogP contribution in [0.2, 0.25) is 0 Å². The number of halogens is 1. The fraction of sp³-hybridized carbons (Fsp3) is 0.500. The van der Waals surface area contributed by atoms with Crippen molar-refractivity contribution >= 4 is 33.7 Å². The minimum absolute atomic E-state index is 0.318. The Bertz CT molecular complexity index is 447. The predicted molar refractivity (Wildman–Crippen MR) is 82.9 cm³/mol. The molecule has 104 valence electrons. The number of benzene rings is 1. The summed E-state index contributed by atoms with van der Waals surface area (Å²) in [4.78, 5) is 10.8. The lowest BCUT2D eigenvalue weighted by molar-refractivity contribution is 0.0697. The third kappa shape index (κ3) is 4.51. The minimum atomic E-state index is -0.890. The van der Waals surface area contributed by atoms with Gasteiger partial charge >= 0.3 is 5.97 Å². The molecule has 19 heavy (non-hydrogen) atoms. The first-order valence-electron chi connectivity index (χ1n) is 6.51. The van der Waals surface area contributed by atoms with Crippen molar-refractivity contribution < 1.29 is 9.90 Å². The first kappa shape index (κ1) is 14.9. The fourth-order valence-corrected chi connectivity index (χ4v) is 3.95. The SMILES string of the molecule is O=C(O)c1ccc(CNCC2CCCCS2)c(Br)c1. The normalized spacial score (nSPS) is 19.3. The lowest BCUT2D eigenvalue weighted by Gasteiger charge is -2.21. The number of nitrogens with one attached hydrogen (secondary N) is 1. The monoisotopic (exact) mass is 343 g/mol. The van der Waals surface area contributed by atoms with Gasteiger partial charge in [-0.15, -0.1) is 0 Å². The van der Waals surface area contributed by atoms with Crippen LogP contribution in [0.25, 0.3) is 0 Å². The fourth-order valence-electron chi connectivity index (χ4n) is 2.16. The van der Waals surface area contributed by atoms with Crippen LogP contribution in [0.4, 0.5) is 0 Å². The van der Waals surface area contributed by atoms with Gasteiger partial charge in [0.25, 0.3) is 0 Å². The number of rotatable bonds is 5. The highest BCUT2D eigenvalue weighted by Gasteiger charge is 2.13. The van der Waals surface area contributed by atoms with Crippen molar-refractivity contribution in [1.82, 2.24) is 5.32 Å². The van der Waals surface area contributed by atoms with Gasteiger partial charge in [0, 0.05) is 22.8 Å². The molecule has 5 heteroatoms. The second-order valence-electron chi connectivity index (χ2n) is 4.73. The Hall–Kier alpha value is -0.520. The van der Waals surface area contributed by atoms with E-state index in [1.165, 1.54) is 25.0 Å². The molecule has 3 nitrogen and oxygen atoms in total. The zero-order chi connectivity index (χ0) is 13.7. The van der Waals surface area contributed by atoms with E-state index < -0.39 is 5.97 Å². The first-order valence-corrected chi connectivity index (χ1v) is 8.35. The predicted octanol–water partition coefficient (Wildman–Crippen LogP) is 3.52. The molecule has 1 saturated heterocycles. The molecule has 1 atom stereocenters. The molecule has 0 radical (unpaired) electrons. The van der Waals surface area contributed by atoms with E-state index in [1.807, 2.05) is 6.07 Å². The maximum atomic E-state index is 10.8. The highest BCUT2D eigenvalue weighted by atomic mass is 79.9. The molecule has 1 fully saturated rings. The Balaban J connectivity index is 1.83. The number of hydrogen-bond acceptors (Lipinski definition) is 3. The van der Waals surface area contributed by atoms with Crippen LogP contribution in [0, 0.1) is 0 Å². The molecular formula is C14H18BrNO2S. The number of carboxylic acid groups (broad SMARTS) is 1. The molecule has 1 heterocycles. The van der Waals surface area contributed by atoms with Crippen LogP contribution in [-0.2, 0) is 6.54 Å². The Morgan fingerprint density at radius 1 is 1.47 bits per heavy atom. The number of thioether (sulfide) groups is 1. The Morgan fingerprint density at radius 3 is 2.95 bits per heavy atom. The second kappa shape index (κ2) is 7.31. The third-order valence-electron chi connectivity index (χ3n) is 3.26. The van der Waals surface area contributed by atoms with Crippen LogP contribution >= 0.6 is 27.7 Å². The van der Waals surface area contributed by atoms with Gasteiger partial charge in [0.05, 0.1) is 5.56 Å². The van der Waals surface area contributed by atoms with Crippen molar-refractivity contribution in [1.29, 1.82) is 0 Å². The van der Waals surface area contributed by atoms with Gasteiger partial charge in [-0.25, -0.2) is 4.79 Å². The summed E-state index contributed by atoms with van der Waals surface area (Å²) in [5.74, 6) is 0.391. The zero-order valence-electron chi connectivity index (χ0n) is 10.7. The molecule has 1 aromatic rings. The van der Waals surface area contributed by atoms with Crippen molar-refractivity contribution in [3.05, 3.63) is 33.8 Å². The van der Waals surface area contributed by atoms with Crippen LogP contribution in [0.5, 0.6) is 0 Å². The molecule has 1 unspecified atom stereocenters. The average Bonchev–Trinajstić information content (AvgIpc) is 2.41. The van der Waals surface area contributed by atoms with Crippen molar-refractivity contribution in [2.75, 3.05) is 12.3 Å². The number of hydrogen-bond donors (Lipinski definition) is 2. The van der Waals surface area contributed by atoms with Crippen molar-refractivity contribution in [3.63, 3.8) is 0 Å². The molecule has 1 aliphatic heterocycles. The molecule has 0 spiro atoms. The molecule has 0 saturated carbocycles. The van der Waals surface area contributed by atoms with Crippen LogP contribution in [0.3, 0.4) is 0 Å². The second-order valence-corrected chi connectivity index (χ2v) is 6.99. The number of carboxylic acids is 1. The summed E-state index contributed by atoms with van der Waals surface area (Å²) in [5.41, 5.74) is 1.42. The van der Waals surface area contributed by atoms with Crippen molar-refractivity contribution in [2.24, 2.45) is 0 Å². The van der Waals surface area contributed by atoms with E-state index in [-0.39, 0.29) is 0 Å². The molecule has 0 bridgehead atoms. The van der Waals surface area contributed by atoms with Gasteiger partial charge < -0.3 is 10.4 Å². The highest BCUT2D eigenvalue weighted by molar-refractivity contribution is 9.10. The molecule has 0 aliphatic carbocycles. The summed E-state index contributed by atoms with van der Waals surface area (Å²) in [6.45, 7) is 1.80. The summed E-state index contributed by atoms with van der Waals surface area (Å²) in [7, 11) is 0. The van der Waals surface area contributed by atoms with Gasteiger partial charge in [-0.2, -0.15) is 11.8 Å². The van der Waals surface area contributed by atoms with E-state index in [9.17, 15) is 4.79 Å². The number of aromatic carboxylic acids is 1. The molecule has 0 aromatic heterocycles. The third-order valence-corrected chi connectivity index (χ3v) is 5.40. The molecule has 0 amide bonds. The molecular weight excluding hydrogens is 326 g/mol. The Labute approximate surface area is 126 Å². The van der Waals surface area contributed by atoms with Gasteiger partial charge in [-0.1, -0.05) is 28.4 Å². The quantitative estimate of drug-likeness (QED) is 0.858. The summed E-state index contributed by atoms with van der Waals surface area (Å²) >= 11 is 5.49. The zero-order valence-corrected chi connectivity index (χ0v) is 13.1. The van der Waals surface area contributed by atoms with Crippen molar-refractivity contribution in [2.45, 2.75) is 31.1 Å². The van der Waals surface area contributed by atoms with E-state index >= 15 is 0 Å². The first-order chi connectivity index (χ1) is 9.16. The maximum Gasteiger partial charge on any atom is 0.335 e. The molecule has 2 N–H and O–H groups in total. The summed E-state index contributed by atoms with van der Waals surface area (Å²) in [6, 6.07) is 5.18. The number of carbonyl (C=O) groups is 1. The average molecular weight is 344 g/mol. The van der Waals surface area contributed by atoms with Crippen LogP contribution in [0.1, 0.15) is 35.2 Å².